The second-order valence-electron chi connectivity index (χ2n) is 39.2. The molecule has 0 spiro atoms. The fraction of sp³-hybridized carbons (Fsp3) is 0.336. The zero-order valence-corrected chi connectivity index (χ0v) is 83.1. The third kappa shape index (κ3) is 28.2. The number of pyridine rings is 10. The number of aromatic nitrogens is 10. The number of hydrogen-bond acceptors (Lipinski definition) is 27. The Kier molecular flexibility index (Phi) is 33.4. The lowest BCUT2D eigenvalue weighted by atomic mass is 9.89. The molecule has 15 heterocycles. The molecule has 0 radical (unpaired) electrons. The van der Waals surface area contributed by atoms with Crippen LogP contribution in [0.25, 0.3) is 53.9 Å². The van der Waals surface area contributed by atoms with E-state index < -0.39 is 5.60 Å². The second-order valence-corrected chi connectivity index (χ2v) is 39.2. The number of anilines is 7. The number of carbonyl (C=O) groups is 5. The molecule has 145 heavy (non-hydrogen) atoms. The summed E-state index contributed by atoms with van der Waals surface area (Å²) < 4.78 is 59.4. The maximum Gasteiger partial charge on any atom is 0.276 e. The van der Waals surface area contributed by atoms with Crippen LogP contribution in [0, 0.1) is 23.7 Å². The maximum atomic E-state index is 12.5. The highest BCUT2D eigenvalue weighted by molar-refractivity contribution is 6.09. The van der Waals surface area contributed by atoms with Gasteiger partial charge in [0, 0.05) is 150 Å². The van der Waals surface area contributed by atoms with Crippen molar-refractivity contribution in [1.82, 2.24) is 49.8 Å². The van der Waals surface area contributed by atoms with Gasteiger partial charge >= 0.3 is 0 Å². The minimum Gasteiger partial charge on any atom is -0.477 e. The van der Waals surface area contributed by atoms with Gasteiger partial charge in [-0.2, -0.15) is 0 Å². The van der Waals surface area contributed by atoms with Crippen LogP contribution in [0.15, 0.2) is 262 Å². The Morgan fingerprint density at radius 2 is 0.628 bits per heavy atom. The molecule has 15 aromatic rings. The summed E-state index contributed by atoms with van der Waals surface area (Å²) in [4.78, 5) is 104. The lowest BCUT2D eigenvalue weighted by Gasteiger charge is -2.35. The summed E-state index contributed by atoms with van der Waals surface area (Å²) in [6, 6.07) is 60.3. The van der Waals surface area contributed by atoms with E-state index in [0.717, 1.165) is 138 Å². The van der Waals surface area contributed by atoms with Crippen LogP contribution in [0.2, 0.25) is 0 Å². The van der Waals surface area contributed by atoms with Crippen LogP contribution in [-0.4, -0.2) is 173 Å². The predicted molar refractivity (Wildman–Crippen MR) is 561 cm³/mol. The molecule has 20 rings (SSSR count). The monoisotopic (exact) mass is 1960 g/mol. The van der Waals surface area contributed by atoms with Crippen molar-refractivity contribution in [1.29, 1.82) is 0 Å². The van der Waals surface area contributed by atoms with Crippen LogP contribution >= 0.6 is 0 Å². The van der Waals surface area contributed by atoms with Crippen molar-refractivity contribution >= 4 is 123 Å². The van der Waals surface area contributed by atoms with E-state index in [0.29, 0.717) is 136 Å². The minimum absolute atomic E-state index is 0.0980. The van der Waals surface area contributed by atoms with E-state index in [2.05, 4.69) is 132 Å². The predicted octanol–water partition coefficient (Wildman–Crippen LogP) is 20.9. The number of amides is 5. The lowest BCUT2D eigenvalue weighted by Crippen LogP contribution is -2.36. The van der Waals surface area contributed by atoms with Crippen LogP contribution in [0.5, 0.6) is 29.4 Å². The first-order chi connectivity index (χ1) is 69.9. The van der Waals surface area contributed by atoms with Crippen molar-refractivity contribution in [2.75, 3.05) is 90.9 Å². The number of rotatable bonds is 24. The van der Waals surface area contributed by atoms with Gasteiger partial charge in [-0.1, -0.05) is 18.2 Å². The lowest BCUT2D eigenvalue weighted by molar-refractivity contribution is -0.0849. The number of hydrogen-bond donors (Lipinski definition) is 7. The van der Waals surface area contributed by atoms with Crippen LogP contribution in [0.4, 0.5) is 39.8 Å². The molecule has 0 bridgehead atoms. The molecule has 5 aliphatic rings. The zero-order valence-electron chi connectivity index (χ0n) is 83.1. The van der Waals surface area contributed by atoms with Gasteiger partial charge < -0.3 is 85.4 Å². The minimum atomic E-state index is -0.399. The Labute approximate surface area is 842 Å². The highest BCUT2D eigenvalue weighted by Crippen LogP contribution is 2.42. The van der Waals surface area contributed by atoms with Gasteiger partial charge in [0.2, 0.25) is 29.4 Å². The zero-order chi connectivity index (χ0) is 102. The molecule has 9 N–H and O–H groups in total. The van der Waals surface area contributed by atoms with E-state index in [9.17, 15) is 24.0 Å². The molecule has 5 aromatic carbocycles. The molecule has 5 saturated heterocycles. The third-order valence-electron chi connectivity index (χ3n) is 25.6. The highest BCUT2D eigenvalue weighted by atomic mass is 16.6. The normalized spacial score (nSPS) is 18.9. The summed E-state index contributed by atoms with van der Waals surface area (Å²) in [5.41, 5.74) is 16.5. The van der Waals surface area contributed by atoms with Crippen molar-refractivity contribution < 1.29 is 71.3 Å². The molecule has 7 unspecified atom stereocenters. The molecular formula is C113H123N17O15. The first-order valence-electron chi connectivity index (χ1n) is 49.0. The standard InChI is InChI=1S/C23H26N4O3.2C23H25N3O3.C22H24N4O3.C22H23N3O3/c1-23(2)13-15(8-11-30-23)14-29-22-18-6-5-17(12-16(18)7-10-26-22)27-21(28)20-19(24)4-3-9-25-20;1-22(2)14-19(23(3,4)29-22)28-21-17-9-8-16(13-15(17)10-12-25-21)26-20(27)18-7-5-6-11-24-18;1-23(2)14-16(9-12-29-23)15-28-22-19-7-6-18(13-17(19)8-11-25-22)26-21(27)20-5-3-4-10-24-20;1-14-11-15(7-10-28-14)13-29-22-18-5-4-17(12-16(18)6-9-25-22)26-21(27)20-19(23)3-2-8-24-20;1-15-12-16(8-11-27-15)14-28-22-19-6-5-18(13-17(19)7-10-24-22)25-21(26)20-4-2-3-9-23-20/h3-7,9-10,12,15H,8,11,13-14,24H2,1-2H3,(H,27,28);5-13,19H,14H2,1-4H3,(H,26,27);3-8,10-11,13,16H,9,12,14-15H2,1-2H3,(H,26,27);2-6,8-9,12,14-15H,7,10-11,13,23H2,1H3,(H,26,27);2-7,9-10,13,15-16H,8,11-12,14H2,1H3,(H,25,26). The van der Waals surface area contributed by atoms with Crippen molar-refractivity contribution in [3.8, 4) is 29.4 Å². The molecular weight excluding hydrogens is 1840 g/mol. The topological polar surface area (TPSA) is 419 Å². The van der Waals surface area contributed by atoms with Gasteiger partial charge in [0.25, 0.3) is 29.5 Å². The molecule has 5 amide bonds. The van der Waals surface area contributed by atoms with Crippen LogP contribution in [0.1, 0.15) is 179 Å². The quantitative estimate of drug-likeness (QED) is 0.0295. The number of fused-ring (bicyclic) bond motifs is 5. The Hall–Kier alpha value is -15.4. The molecule has 5 aliphatic heterocycles. The van der Waals surface area contributed by atoms with E-state index in [1.54, 1.807) is 141 Å². The third-order valence-corrected chi connectivity index (χ3v) is 25.6. The van der Waals surface area contributed by atoms with Gasteiger partial charge in [0.1, 0.15) is 28.8 Å². The summed E-state index contributed by atoms with van der Waals surface area (Å²) in [6.07, 6.45) is 25.7. The number of nitrogen functional groups attached to an aromatic ring is 2. The van der Waals surface area contributed by atoms with Gasteiger partial charge in [-0.15, -0.1) is 0 Å². The average molecular weight is 1960 g/mol. The second kappa shape index (κ2) is 47.2. The Morgan fingerprint density at radius 3 is 0.924 bits per heavy atom. The first-order valence-corrected chi connectivity index (χ1v) is 49.0. The largest absolute Gasteiger partial charge is 0.477 e. The van der Waals surface area contributed by atoms with Crippen molar-refractivity contribution in [2.24, 2.45) is 23.7 Å². The maximum absolute atomic E-state index is 12.5. The number of nitrogens with zero attached hydrogens (tertiary/aromatic N) is 10. The Balaban J connectivity index is 0.000000130. The van der Waals surface area contributed by atoms with Gasteiger partial charge in [0.15, 0.2) is 11.4 Å². The number of nitrogens with one attached hydrogen (secondary N) is 5. The Morgan fingerprint density at radius 1 is 0.324 bits per heavy atom. The molecule has 5 fully saturated rings. The van der Waals surface area contributed by atoms with Crippen LogP contribution < -0.4 is 61.7 Å². The van der Waals surface area contributed by atoms with E-state index >= 15 is 0 Å². The van der Waals surface area contributed by atoms with Crippen molar-refractivity contribution in [2.45, 2.75) is 168 Å². The van der Waals surface area contributed by atoms with Crippen LogP contribution in [-0.2, 0) is 23.7 Å². The summed E-state index contributed by atoms with van der Waals surface area (Å²) in [5, 5.41) is 23.6. The number of ether oxygens (including phenoxy) is 10. The molecule has 10 aromatic heterocycles. The van der Waals surface area contributed by atoms with Gasteiger partial charge in [-0.05, 0) is 353 Å². The Bertz CT molecular complexity index is 7030. The van der Waals surface area contributed by atoms with E-state index in [-0.39, 0.29) is 76.0 Å². The summed E-state index contributed by atoms with van der Waals surface area (Å²) >= 11 is 0. The molecule has 32 heteroatoms. The van der Waals surface area contributed by atoms with E-state index in [1.807, 2.05) is 135 Å². The summed E-state index contributed by atoms with van der Waals surface area (Å²) in [7, 11) is 0. The van der Waals surface area contributed by atoms with Crippen molar-refractivity contribution in [3.63, 3.8) is 0 Å². The SMILES string of the molecule is CC1(C)CC(COc2nccc3cc(NC(=O)c4ccccn4)ccc23)CCO1.CC1(C)CC(COc2nccc3cc(NC(=O)c4ncccc4N)ccc23)CCO1.CC1(C)CC(Oc2nccc3cc(NC(=O)c4ccccn4)ccc23)C(C)(C)O1.CC1CC(COc2nccc3cc(NC(=O)c4ccccn4)ccc23)CCO1.CC1CC(COc2nccc3cc(NC(=O)c4ncccc4N)ccc23)CCO1. The smallest absolute Gasteiger partial charge is 0.276 e. The van der Waals surface area contributed by atoms with E-state index in [1.165, 1.54) is 0 Å². The van der Waals surface area contributed by atoms with Gasteiger partial charge in [0.05, 0.1) is 66.8 Å². The molecule has 0 aliphatic carbocycles. The molecule has 750 valence electrons. The van der Waals surface area contributed by atoms with Gasteiger partial charge in [-0.3, -0.25) is 38.9 Å². The highest BCUT2D eigenvalue weighted by Gasteiger charge is 2.48. The van der Waals surface area contributed by atoms with Crippen LogP contribution in [0.3, 0.4) is 0 Å². The first kappa shape index (κ1) is 103. The molecule has 7 atom stereocenters. The number of carbonyl (C=O) groups excluding carboxylic acids is 5. The van der Waals surface area contributed by atoms with E-state index in [4.69, 9.17) is 58.8 Å². The summed E-state index contributed by atoms with van der Waals surface area (Å²) in [5.74, 6) is 3.45. The number of nitrogens with two attached hydrogens (primary N) is 2. The van der Waals surface area contributed by atoms with Gasteiger partial charge in [-0.25, -0.2) is 34.9 Å². The van der Waals surface area contributed by atoms with Crippen molar-refractivity contribution in [3.05, 3.63) is 291 Å². The summed E-state index contributed by atoms with van der Waals surface area (Å²) in [6.45, 7) is 26.5. The number of benzene rings is 5. The molecule has 0 saturated carbocycles. The fourth-order valence-corrected chi connectivity index (χ4v) is 18.5. The average Bonchev–Trinajstić information content (AvgIpc) is 1.62. The fourth-order valence-electron chi connectivity index (χ4n) is 18.5. The molecule has 32 nitrogen and oxygen atoms in total.